The monoisotopic (exact) mass is 375 g/mol. The zero-order valence-corrected chi connectivity index (χ0v) is 15.5. The van der Waals surface area contributed by atoms with E-state index in [1.807, 2.05) is 13.8 Å². The minimum Gasteiger partial charge on any atom is -0.377 e. The van der Waals surface area contributed by atoms with Gasteiger partial charge < -0.3 is 9.64 Å². The minimum atomic E-state index is -0.826. The largest absolute Gasteiger partial charge is 0.377 e. The molecule has 0 spiro atoms. The van der Waals surface area contributed by atoms with Crippen LogP contribution >= 0.6 is 0 Å². The fraction of sp³-hybridized carbons (Fsp3) is 0.450. The Bertz CT molecular complexity index is 821. The zero-order valence-electron chi connectivity index (χ0n) is 15.5. The average Bonchev–Trinajstić information content (AvgIpc) is 2.66. The van der Waals surface area contributed by atoms with Gasteiger partial charge in [-0.2, -0.15) is 0 Å². The van der Waals surface area contributed by atoms with Gasteiger partial charge in [0, 0.05) is 43.4 Å². The number of benzene rings is 1. The SMILES string of the molecule is CCOCc1cnc(C)nc1C1CCN(C(=O)c2ccc(F)cc2F)CC1. The summed E-state index contributed by atoms with van der Waals surface area (Å²) in [5.41, 5.74) is 1.84. The maximum absolute atomic E-state index is 13.9. The van der Waals surface area contributed by atoms with Gasteiger partial charge in [-0.3, -0.25) is 4.79 Å². The molecule has 5 nitrogen and oxygen atoms in total. The number of hydrogen-bond donors (Lipinski definition) is 0. The van der Waals surface area contributed by atoms with Crippen molar-refractivity contribution >= 4 is 5.91 Å². The molecule has 1 fully saturated rings. The highest BCUT2D eigenvalue weighted by Crippen LogP contribution is 2.30. The van der Waals surface area contributed by atoms with Crippen molar-refractivity contribution in [2.24, 2.45) is 0 Å². The van der Waals surface area contributed by atoms with E-state index in [0.717, 1.165) is 36.2 Å². The van der Waals surface area contributed by atoms with Crippen molar-refractivity contribution in [1.29, 1.82) is 0 Å². The van der Waals surface area contributed by atoms with E-state index in [2.05, 4.69) is 9.97 Å². The predicted molar refractivity (Wildman–Crippen MR) is 96.3 cm³/mol. The minimum absolute atomic E-state index is 0.0928. The lowest BCUT2D eigenvalue weighted by Crippen LogP contribution is -2.38. The summed E-state index contributed by atoms with van der Waals surface area (Å²) in [6.07, 6.45) is 3.26. The summed E-state index contributed by atoms with van der Waals surface area (Å²) in [5, 5.41) is 0. The van der Waals surface area contributed by atoms with E-state index in [0.29, 0.717) is 32.1 Å². The van der Waals surface area contributed by atoms with Gasteiger partial charge in [0.25, 0.3) is 5.91 Å². The van der Waals surface area contributed by atoms with E-state index in [-0.39, 0.29) is 11.5 Å². The second-order valence-electron chi connectivity index (χ2n) is 6.66. The maximum atomic E-state index is 13.9. The zero-order chi connectivity index (χ0) is 19.4. The summed E-state index contributed by atoms with van der Waals surface area (Å²) in [6, 6.07) is 3.05. The van der Waals surface area contributed by atoms with E-state index in [1.165, 1.54) is 6.07 Å². The van der Waals surface area contributed by atoms with Gasteiger partial charge in [-0.05, 0) is 38.8 Å². The Balaban J connectivity index is 1.70. The molecule has 1 saturated heterocycles. The molecule has 1 amide bonds. The van der Waals surface area contributed by atoms with Crippen LogP contribution in [-0.2, 0) is 11.3 Å². The van der Waals surface area contributed by atoms with Crippen molar-refractivity contribution in [3.8, 4) is 0 Å². The number of likely N-dealkylation sites (tertiary alicyclic amines) is 1. The van der Waals surface area contributed by atoms with Gasteiger partial charge in [0.15, 0.2) is 0 Å². The number of carbonyl (C=O) groups excluding carboxylic acids is 1. The summed E-state index contributed by atoms with van der Waals surface area (Å²) >= 11 is 0. The topological polar surface area (TPSA) is 55.3 Å². The third kappa shape index (κ3) is 4.47. The first kappa shape index (κ1) is 19.4. The van der Waals surface area contributed by atoms with Crippen molar-refractivity contribution in [3.05, 3.63) is 58.7 Å². The first-order chi connectivity index (χ1) is 13.0. The van der Waals surface area contributed by atoms with Crippen LogP contribution in [0.25, 0.3) is 0 Å². The second-order valence-corrected chi connectivity index (χ2v) is 6.66. The highest BCUT2D eigenvalue weighted by molar-refractivity contribution is 5.94. The van der Waals surface area contributed by atoms with Crippen LogP contribution in [0.1, 0.15) is 53.1 Å². The molecule has 0 unspecified atom stereocenters. The summed E-state index contributed by atoms with van der Waals surface area (Å²) < 4.78 is 32.5. The second kappa shape index (κ2) is 8.52. The lowest BCUT2D eigenvalue weighted by atomic mass is 9.90. The van der Waals surface area contributed by atoms with Crippen molar-refractivity contribution in [1.82, 2.24) is 14.9 Å². The summed E-state index contributed by atoms with van der Waals surface area (Å²) in [4.78, 5) is 23.0. The molecule has 1 aromatic heterocycles. The number of rotatable bonds is 5. The summed E-state index contributed by atoms with van der Waals surface area (Å²) in [6.45, 7) is 5.86. The standard InChI is InChI=1S/C20H23F2N3O2/c1-3-27-12-15-11-23-13(2)24-19(15)14-6-8-25(9-7-14)20(26)17-5-4-16(21)10-18(17)22/h4-5,10-11,14H,3,6-9,12H2,1-2H3. The van der Waals surface area contributed by atoms with Crippen LogP contribution in [0.4, 0.5) is 8.78 Å². The molecule has 144 valence electrons. The Morgan fingerprint density at radius 2 is 2.04 bits per heavy atom. The molecule has 1 aliphatic heterocycles. The molecule has 0 atom stereocenters. The number of aromatic nitrogens is 2. The number of hydrogen-bond acceptors (Lipinski definition) is 4. The highest BCUT2D eigenvalue weighted by Gasteiger charge is 2.28. The first-order valence-electron chi connectivity index (χ1n) is 9.14. The van der Waals surface area contributed by atoms with Crippen LogP contribution in [0.15, 0.2) is 24.4 Å². The molecule has 0 aliphatic carbocycles. The Labute approximate surface area is 157 Å². The molecule has 0 bridgehead atoms. The quantitative estimate of drug-likeness (QED) is 0.801. The molecule has 1 aromatic carbocycles. The van der Waals surface area contributed by atoms with E-state index in [4.69, 9.17) is 4.74 Å². The normalized spacial score (nSPS) is 15.2. The number of nitrogens with zero attached hydrogens (tertiary/aromatic N) is 3. The third-order valence-electron chi connectivity index (χ3n) is 4.81. The third-order valence-corrected chi connectivity index (χ3v) is 4.81. The number of ether oxygens (including phenoxy) is 1. The van der Waals surface area contributed by atoms with Gasteiger partial charge >= 0.3 is 0 Å². The first-order valence-corrected chi connectivity index (χ1v) is 9.14. The molecule has 7 heteroatoms. The summed E-state index contributed by atoms with van der Waals surface area (Å²) in [7, 11) is 0. The molecular formula is C20H23F2N3O2. The number of amides is 1. The summed E-state index contributed by atoms with van der Waals surface area (Å²) in [5.74, 6) is -1.02. The lowest BCUT2D eigenvalue weighted by Gasteiger charge is -2.32. The number of aryl methyl sites for hydroxylation is 1. The molecule has 2 aromatic rings. The maximum Gasteiger partial charge on any atom is 0.256 e. The number of halogens is 2. The van der Waals surface area contributed by atoms with Crippen molar-refractivity contribution in [3.63, 3.8) is 0 Å². The molecule has 2 heterocycles. The van der Waals surface area contributed by atoms with Gasteiger partial charge in [-0.25, -0.2) is 18.7 Å². The van der Waals surface area contributed by atoms with Gasteiger partial charge in [0.1, 0.15) is 17.5 Å². The van der Waals surface area contributed by atoms with Gasteiger partial charge in [-0.15, -0.1) is 0 Å². The smallest absolute Gasteiger partial charge is 0.256 e. The fourth-order valence-electron chi connectivity index (χ4n) is 3.38. The Kier molecular flexibility index (Phi) is 6.11. The average molecular weight is 375 g/mol. The van der Waals surface area contributed by atoms with Crippen molar-refractivity contribution in [2.45, 2.75) is 39.2 Å². The molecule has 1 aliphatic rings. The van der Waals surface area contributed by atoms with E-state index >= 15 is 0 Å². The Hall–Kier alpha value is -2.41. The van der Waals surface area contributed by atoms with Crippen LogP contribution in [0, 0.1) is 18.6 Å². The molecule has 27 heavy (non-hydrogen) atoms. The number of carbonyl (C=O) groups is 1. The molecule has 0 saturated carbocycles. The van der Waals surface area contributed by atoms with Crippen LogP contribution in [0.2, 0.25) is 0 Å². The van der Waals surface area contributed by atoms with E-state index in [9.17, 15) is 13.6 Å². The van der Waals surface area contributed by atoms with E-state index < -0.39 is 17.5 Å². The number of piperidine rings is 1. The van der Waals surface area contributed by atoms with Gasteiger partial charge in [0.05, 0.1) is 17.9 Å². The molecule has 0 N–H and O–H groups in total. The van der Waals surface area contributed by atoms with Crippen molar-refractivity contribution < 1.29 is 18.3 Å². The van der Waals surface area contributed by atoms with Crippen LogP contribution < -0.4 is 0 Å². The van der Waals surface area contributed by atoms with Gasteiger partial charge in [0.2, 0.25) is 0 Å². The fourth-order valence-corrected chi connectivity index (χ4v) is 3.38. The molecular weight excluding hydrogens is 352 g/mol. The Morgan fingerprint density at radius 1 is 1.30 bits per heavy atom. The molecule has 0 radical (unpaired) electrons. The Morgan fingerprint density at radius 3 is 2.70 bits per heavy atom. The van der Waals surface area contributed by atoms with Gasteiger partial charge in [-0.1, -0.05) is 0 Å². The van der Waals surface area contributed by atoms with Crippen LogP contribution in [-0.4, -0.2) is 40.5 Å². The van der Waals surface area contributed by atoms with E-state index in [1.54, 1.807) is 11.1 Å². The van der Waals surface area contributed by atoms with Crippen molar-refractivity contribution in [2.75, 3.05) is 19.7 Å². The highest BCUT2D eigenvalue weighted by atomic mass is 19.1. The van der Waals surface area contributed by atoms with Crippen LogP contribution in [0.3, 0.4) is 0 Å². The lowest BCUT2D eigenvalue weighted by molar-refractivity contribution is 0.0705. The molecule has 3 rings (SSSR count). The predicted octanol–water partition coefficient (Wildman–Crippen LogP) is 3.62. The van der Waals surface area contributed by atoms with Crippen LogP contribution in [0.5, 0.6) is 0 Å².